The van der Waals surface area contributed by atoms with Gasteiger partial charge in [-0.2, -0.15) is 0 Å². The first-order valence-electron chi connectivity index (χ1n) is 21.5. The number of hydrogen-bond donors (Lipinski definition) is 3. The second kappa shape index (κ2) is 21.7. The summed E-state index contributed by atoms with van der Waals surface area (Å²) in [6.07, 6.45) is 7.14. The predicted molar refractivity (Wildman–Crippen MR) is 232 cm³/mol. The summed E-state index contributed by atoms with van der Waals surface area (Å²) in [6, 6.07) is 19.4. The quantitative estimate of drug-likeness (QED) is 0.103. The van der Waals surface area contributed by atoms with Crippen LogP contribution in [0.25, 0.3) is 0 Å². The second-order valence-electron chi connectivity index (χ2n) is 18.9. The summed E-state index contributed by atoms with van der Waals surface area (Å²) in [6.45, 7) is 19.4. The maximum Gasteiger partial charge on any atom is 0.407 e. The topological polar surface area (TPSA) is 118 Å². The molecule has 4 unspecified atom stereocenters. The van der Waals surface area contributed by atoms with Gasteiger partial charge in [0.1, 0.15) is 11.6 Å². The summed E-state index contributed by atoms with van der Waals surface area (Å²) >= 11 is 0. The van der Waals surface area contributed by atoms with Crippen LogP contribution in [0.15, 0.2) is 60.7 Å². The van der Waals surface area contributed by atoms with Gasteiger partial charge in [0.25, 0.3) is 0 Å². The van der Waals surface area contributed by atoms with Gasteiger partial charge in [-0.1, -0.05) is 101 Å². The van der Waals surface area contributed by atoms with Crippen LogP contribution in [0, 0.1) is 11.8 Å². The van der Waals surface area contributed by atoms with Gasteiger partial charge >= 0.3 is 6.09 Å². The number of benzene rings is 2. The lowest BCUT2D eigenvalue weighted by Crippen LogP contribution is -2.57. The van der Waals surface area contributed by atoms with E-state index in [0.29, 0.717) is 45.0 Å². The monoisotopic (exact) mass is 807 g/mol. The fraction of sp³-hybridized carbons (Fsp3) is 0.674. The predicted octanol–water partition coefficient (Wildman–Crippen LogP) is 8.05. The Morgan fingerprint density at radius 1 is 0.807 bits per heavy atom. The fourth-order valence-electron chi connectivity index (χ4n) is 7.90. The number of amides is 3. The van der Waals surface area contributed by atoms with E-state index >= 15 is 4.79 Å². The van der Waals surface area contributed by atoms with Gasteiger partial charge < -0.3 is 34.8 Å². The highest BCUT2D eigenvalue weighted by atomic mass is 28.4. The largest absolute Gasteiger partial charge is 0.444 e. The fourth-order valence-corrected chi connectivity index (χ4v) is 9.27. The summed E-state index contributed by atoms with van der Waals surface area (Å²) in [4.78, 5) is 45.1. The molecule has 10 nitrogen and oxygen atoms in total. The summed E-state index contributed by atoms with van der Waals surface area (Å²) in [5.41, 5.74) is 1.39. The van der Waals surface area contributed by atoms with Crippen molar-refractivity contribution < 1.29 is 28.3 Å². The molecule has 2 aromatic rings. The third-order valence-electron chi connectivity index (χ3n) is 12.1. The summed E-state index contributed by atoms with van der Waals surface area (Å²) < 4.78 is 18.3. The van der Waals surface area contributed by atoms with E-state index in [1.807, 2.05) is 62.1 Å². The molecule has 2 aromatic carbocycles. The second-order valence-corrected chi connectivity index (χ2v) is 23.7. The molecule has 4 atom stereocenters. The number of piperidine rings is 1. The van der Waals surface area contributed by atoms with Crippen molar-refractivity contribution in [1.29, 1.82) is 0 Å². The third kappa shape index (κ3) is 15.1. The van der Waals surface area contributed by atoms with Gasteiger partial charge in [0, 0.05) is 38.7 Å². The molecule has 1 aliphatic carbocycles. The first-order valence-corrected chi connectivity index (χ1v) is 24.4. The van der Waals surface area contributed by atoms with Crippen molar-refractivity contribution in [3.8, 4) is 0 Å². The molecule has 2 fully saturated rings. The van der Waals surface area contributed by atoms with Gasteiger partial charge in [0.2, 0.25) is 11.8 Å². The van der Waals surface area contributed by atoms with Crippen LogP contribution < -0.4 is 16.0 Å². The molecule has 0 bridgehead atoms. The first-order chi connectivity index (χ1) is 27.0. The molecular formula is C46H74N4O6Si. The Morgan fingerprint density at radius 3 is 1.93 bits per heavy atom. The minimum atomic E-state index is -2.45. The van der Waals surface area contributed by atoms with E-state index in [-0.39, 0.29) is 22.8 Å². The van der Waals surface area contributed by atoms with Crippen LogP contribution in [0.5, 0.6) is 0 Å². The average Bonchev–Trinajstić information content (AvgIpc) is 3.16. The minimum absolute atomic E-state index is 0.0340. The van der Waals surface area contributed by atoms with E-state index in [0.717, 1.165) is 62.6 Å². The van der Waals surface area contributed by atoms with Crippen molar-refractivity contribution in [2.45, 2.75) is 154 Å². The standard InChI is InChI=1S/C46H74N4O6Si/c1-45(2,3)55-44(53)48-39(32-35-21-15-11-16-22-35)40(56-57(8,9)46(4,5)6)33-37(31-34-19-13-10-14-20-34)42(51)49-41(36-23-17-12-18-24-36)43(52)50-28-25-38(26-29-50)47-27-30-54-7/h10-11,13-16,19-22,36-41,47H,12,17-18,23-33H2,1-9H3,(H,48,53)(H,49,51). The molecule has 0 radical (unpaired) electrons. The zero-order valence-electron chi connectivity index (χ0n) is 36.5. The van der Waals surface area contributed by atoms with E-state index in [4.69, 9.17) is 13.9 Å². The molecule has 1 aliphatic heterocycles. The van der Waals surface area contributed by atoms with E-state index in [1.54, 1.807) is 7.11 Å². The molecule has 4 rings (SSSR count). The number of hydrogen-bond acceptors (Lipinski definition) is 7. The molecule has 1 heterocycles. The molecule has 1 saturated carbocycles. The van der Waals surface area contributed by atoms with Crippen molar-refractivity contribution in [2.75, 3.05) is 33.4 Å². The number of carbonyl (C=O) groups excluding carboxylic acids is 3. The van der Waals surface area contributed by atoms with Crippen LogP contribution in [-0.2, 0) is 36.3 Å². The van der Waals surface area contributed by atoms with Gasteiger partial charge in [-0.3, -0.25) is 9.59 Å². The van der Waals surface area contributed by atoms with Gasteiger partial charge in [0.15, 0.2) is 8.32 Å². The molecule has 3 amide bonds. The Labute approximate surface area is 345 Å². The number of methoxy groups -OCH3 is 1. The van der Waals surface area contributed by atoms with Crippen LogP contribution in [0.1, 0.15) is 104 Å². The SMILES string of the molecule is COCCNC1CCN(C(=O)C(NC(=O)C(Cc2ccccc2)CC(O[Si](C)(C)C(C)(C)C)C(Cc2ccccc2)NC(=O)OC(C)(C)C)C2CCCCC2)CC1. The summed E-state index contributed by atoms with van der Waals surface area (Å²) in [5.74, 6) is -0.551. The normalized spacial score (nSPS) is 18.3. The molecule has 0 spiro atoms. The zero-order chi connectivity index (χ0) is 41.6. The molecule has 1 saturated heterocycles. The third-order valence-corrected chi connectivity index (χ3v) is 16.6. The first kappa shape index (κ1) is 46.4. The Balaban J connectivity index is 1.69. The number of ether oxygens (including phenoxy) is 2. The molecule has 2 aliphatic rings. The summed E-state index contributed by atoms with van der Waals surface area (Å²) in [5, 5.41) is 10.0. The van der Waals surface area contributed by atoms with Gasteiger partial charge in [-0.05, 0) is 101 Å². The lowest BCUT2D eigenvalue weighted by Gasteiger charge is -2.43. The molecule has 318 valence electrons. The van der Waals surface area contributed by atoms with Crippen molar-refractivity contribution in [2.24, 2.45) is 11.8 Å². The van der Waals surface area contributed by atoms with Crippen LogP contribution in [0.3, 0.4) is 0 Å². The lowest BCUT2D eigenvalue weighted by molar-refractivity contribution is -0.140. The van der Waals surface area contributed by atoms with E-state index < -0.39 is 44.1 Å². The van der Waals surface area contributed by atoms with Crippen LogP contribution >= 0.6 is 0 Å². The average molecular weight is 807 g/mol. The number of nitrogens with zero attached hydrogens (tertiary/aromatic N) is 1. The summed E-state index contributed by atoms with van der Waals surface area (Å²) in [7, 11) is -0.745. The van der Waals surface area contributed by atoms with Crippen molar-refractivity contribution in [3.63, 3.8) is 0 Å². The zero-order valence-corrected chi connectivity index (χ0v) is 37.5. The van der Waals surface area contributed by atoms with Gasteiger partial charge in [-0.25, -0.2) is 4.79 Å². The van der Waals surface area contributed by atoms with Crippen LogP contribution in [0.4, 0.5) is 4.79 Å². The van der Waals surface area contributed by atoms with Crippen LogP contribution in [-0.4, -0.2) is 94.3 Å². The highest BCUT2D eigenvalue weighted by Gasteiger charge is 2.43. The highest BCUT2D eigenvalue weighted by Crippen LogP contribution is 2.39. The number of likely N-dealkylation sites (tertiary alicyclic amines) is 1. The van der Waals surface area contributed by atoms with Crippen molar-refractivity contribution in [3.05, 3.63) is 71.8 Å². The molecule has 11 heteroatoms. The van der Waals surface area contributed by atoms with Crippen molar-refractivity contribution in [1.82, 2.24) is 20.9 Å². The molecule has 0 aromatic heterocycles. The van der Waals surface area contributed by atoms with Gasteiger partial charge in [-0.15, -0.1) is 0 Å². The van der Waals surface area contributed by atoms with E-state index in [2.05, 4.69) is 74.1 Å². The van der Waals surface area contributed by atoms with Gasteiger partial charge in [0.05, 0.1) is 18.8 Å². The number of rotatable bonds is 18. The number of carbonyl (C=O) groups is 3. The van der Waals surface area contributed by atoms with Crippen LogP contribution in [0.2, 0.25) is 18.1 Å². The number of alkyl carbamates (subject to hydrolysis) is 1. The Morgan fingerprint density at radius 2 is 1.39 bits per heavy atom. The maximum absolute atomic E-state index is 15.0. The molecule has 57 heavy (non-hydrogen) atoms. The van der Waals surface area contributed by atoms with Crippen molar-refractivity contribution >= 4 is 26.2 Å². The molecular weight excluding hydrogens is 733 g/mol. The highest BCUT2D eigenvalue weighted by molar-refractivity contribution is 6.74. The smallest absolute Gasteiger partial charge is 0.407 e. The minimum Gasteiger partial charge on any atom is -0.444 e. The Kier molecular flexibility index (Phi) is 17.6. The van der Waals surface area contributed by atoms with E-state index in [9.17, 15) is 9.59 Å². The Hall–Kier alpha value is -3.25. The number of nitrogens with one attached hydrogen (secondary N) is 3. The van der Waals surface area contributed by atoms with E-state index in [1.165, 1.54) is 0 Å². The molecule has 3 N–H and O–H groups in total. The Bertz CT molecular complexity index is 1510. The maximum atomic E-state index is 15.0. The lowest BCUT2D eigenvalue weighted by atomic mass is 9.82.